The minimum Gasteiger partial charge on any atom is -0.467 e. The summed E-state index contributed by atoms with van der Waals surface area (Å²) in [5.74, 6) is 0.707. The van der Waals surface area contributed by atoms with Crippen LogP contribution in [0, 0.1) is 11.3 Å². The Morgan fingerprint density at radius 1 is 1.48 bits per heavy atom. The molecule has 0 bridgehead atoms. The number of nitrogens with zero attached hydrogens (tertiary/aromatic N) is 3. The smallest absolute Gasteiger partial charge is 0.263 e. The molecule has 0 fully saturated rings. The maximum atomic E-state index is 13.3. The molecule has 3 aromatic rings. The molecule has 4 rings (SSSR count). The van der Waals surface area contributed by atoms with Gasteiger partial charge in [-0.05, 0) is 50.3 Å². The number of hydrogen-bond donors (Lipinski definition) is 0. The van der Waals surface area contributed by atoms with Crippen molar-refractivity contribution in [1.29, 1.82) is 5.26 Å². The standard InChI is InChI=1S/C18H17N3O2S2/c1-11(9-19)24-18-20-16-15(13-6-2-3-7-14(13)25-16)17(22)21(18)10-12-5-4-8-23-12/h4-5,8,11H,2-3,6-7,10H2,1H3/t11-/m0/s1. The number of furan rings is 1. The Hall–Kier alpha value is -2.04. The second-order valence-electron chi connectivity index (χ2n) is 6.15. The van der Waals surface area contributed by atoms with Crippen molar-refractivity contribution in [1.82, 2.24) is 9.55 Å². The van der Waals surface area contributed by atoms with Gasteiger partial charge in [0, 0.05) is 4.88 Å². The highest BCUT2D eigenvalue weighted by atomic mass is 32.2. The second kappa shape index (κ2) is 6.70. The monoisotopic (exact) mass is 371 g/mol. The molecule has 0 amide bonds. The first-order valence-electron chi connectivity index (χ1n) is 8.31. The third-order valence-electron chi connectivity index (χ3n) is 4.40. The van der Waals surface area contributed by atoms with E-state index in [9.17, 15) is 4.79 Å². The first kappa shape index (κ1) is 16.4. The van der Waals surface area contributed by atoms with E-state index in [2.05, 4.69) is 6.07 Å². The van der Waals surface area contributed by atoms with Crippen LogP contribution in [0.4, 0.5) is 0 Å². The number of thioether (sulfide) groups is 1. The average Bonchev–Trinajstić information content (AvgIpc) is 3.25. The lowest BCUT2D eigenvalue weighted by atomic mass is 9.97. The van der Waals surface area contributed by atoms with E-state index in [4.69, 9.17) is 14.7 Å². The van der Waals surface area contributed by atoms with E-state index in [1.54, 1.807) is 22.2 Å². The van der Waals surface area contributed by atoms with E-state index < -0.39 is 0 Å². The van der Waals surface area contributed by atoms with Crippen molar-refractivity contribution in [3.05, 3.63) is 45.0 Å². The van der Waals surface area contributed by atoms with E-state index in [-0.39, 0.29) is 10.8 Å². The molecule has 3 aromatic heterocycles. The van der Waals surface area contributed by atoms with Gasteiger partial charge in [0.15, 0.2) is 5.16 Å². The van der Waals surface area contributed by atoms with Gasteiger partial charge in [0.1, 0.15) is 10.6 Å². The summed E-state index contributed by atoms with van der Waals surface area (Å²) in [6.07, 6.45) is 5.88. The molecule has 7 heteroatoms. The van der Waals surface area contributed by atoms with Crippen molar-refractivity contribution < 1.29 is 4.42 Å². The van der Waals surface area contributed by atoms with Gasteiger partial charge in [-0.2, -0.15) is 5.26 Å². The summed E-state index contributed by atoms with van der Waals surface area (Å²) < 4.78 is 7.08. The van der Waals surface area contributed by atoms with Gasteiger partial charge >= 0.3 is 0 Å². The zero-order chi connectivity index (χ0) is 17.4. The Bertz CT molecular complexity index is 1010. The van der Waals surface area contributed by atoms with Gasteiger partial charge < -0.3 is 4.42 Å². The number of hydrogen-bond acceptors (Lipinski definition) is 6. The maximum Gasteiger partial charge on any atom is 0.263 e. The Kier molecular flexibility index (Phi) is 4.40. The largest absolute Gasteiger partial charge is 0.467 e. The van der Waals surface area contributed by atoms with Gasteiger partial charge in [0.05, 0.1) is 29.5 Å². The first-order valence-corrected chi connectivity index (χ1v) is 10.0. The van der Waals surface area contributed by atoms with E-state index >= 15 is 0 Å². The third-order valence-corrected chi connectivity index (χ3v) is 6.57. The van der Waals surface area contributed by atoms with Crippen LogP contribution in [0.3, 0.4) is 0 Å². The highest BCUT2D eigenvalue weighted by Gasteiger charge is 2.23. The molecule has 25 heavy (non-hydrogen) atoms. The number of rotatable bonds is 4. The van der Waals surface area contributed by atoms with Gasteiger partial charge in [0.25, 0.3) is 5.56 Å². The van der Waals surface area contributed by atoms with Gasteiger partial charge in [-0.15, -0.1) is 11.3 Å². The molecule has 0 N–H and O–H groups in total. The number of thiophene rings is 1. The summed E-state index contributed by atoms with van der Waals surface area (Å²) in [6.45, 7) is 2.15. The molecule has 1 aliphatic rings. The lowest BCUT2D eigenvalue weighted by Gasteiger charge is -2.13. The average molecular weight is 371 g/mol. The van der Waals surface area contributed by atoms with Crippen LogP contribution in [-0.2, 0) is 19.4 Å². The van der Waals surface area contributed by atoms with Crippen molar-refractivity contribution in [3.8, 4) is 6.07 Å². The van der Waals surface area contributed by atoms with Crippen molar-refractivity contribution in [2.45, 2.75) is 49.6 Å². The molecule has 0 radical (unpaired) electrons. The van der Waals surface area contributed by atoms with E-state index in [1.165, 1.54) is 28.6 Å². The molecule has 0 saturated carbocycles. The lowest BCUT2D eigenvalue weighted by Crippen LogP contribution is -2.24. The number of nitriles is 1. The van der Waals surface area contributed by atoms with Gasteiger partial charge in [-0.25, -0.2) is 4.98 Å². The zero-order valence-corrected chi connectivity index (χ0v) is 15.5. The van der Waals surface area contributed by atoms with Crippen molar-refractivity contribution >= 4 is 33.3 Å². The molecule has 128 valence electrons. The molecular weight excluding hydrogens is 354 g/mol. The normalized spacial score (nSPS) is 15.0. The van der Waals surface area contributed by atoms with Crippen molar-refractivity contribution in [2.75, 3.05) is 0 Å². The van der Waals surface area contributed by atoms with Crippen LogP contribution in [0.1, 0.15) is 36.0 Å². The molecule has 0 unspecified atom stereocenters. The van der Waals surface area contributed by atoms with Crippen LogP contribution < -0.4 is 5.56 Å². The molecule has 1 aliphatic carbocycles. The van der Waals surface area contributed by atoms with Crippen molar-refractivity contribution in [2.24, 2.45) is 0 Å². The van der Waals surface area contributed by atoms with Crippen LogP contribution in [0.25, 0.3) is 10.2 Å². The van der Waals surface area contributed by atoms with E-state index in [1.807, 2.05) is 19.1 Å². The summed E-state index contributed by atoms with van der Waals surface area (Å²) in [5, 5.41) is 10.2. The minimum atomic E-state index is -0.276. The highest BCUT2D eigenvalue weighted by Crippen LogP contribution is 2.35. The van der Waals surface area contributed by atoms with Crippen LogP contribution in [0.15, 0.2) is 32.8 Å². The van der Waals surface area contributed by atoms with Gasteiger partial charge in [-0.1, -0.05) is 11.8 Å². The Labute approximate surface area is 153 Å². The summed E-state index contributed by atoms with van der Waals surface area (Å²) >= 11 is 2.96. The number of aromatic nitrogens is 2. The zero-order valence-electron chi connectivity index (χ0n) is 13.8. The van der Waals surface area contributed by atoms with Gasteiger partial charge in [0.2, 0.25) is 0 Å². The molecule has 0 aromatic carbocycles. The Morgan fingerprint density at radius 3 is 3.08 bits per heavy atom. The Morgan fingerprint density at radius 2 is 2.32 bits per heavy atom. The molecule has 1 atom stereocenters. The highest BCUT2D eigenvalue weighted by molar-refractivity contribution is 8.00. The fourth-order valence-electron chi connectivity index (χ4n) is 3.19. The van der Waals surface area contributed by atoms with Crippen LogP contribution >= 0.6 is 23.1 Å². The predicted molar refractivity (Wildman–Crippen MR) is 99.3 cm³/mol. The molecule has 0 aliphatic heterocycles. The molecule has 5 nitrogen and oxygen atoms in total. The van der Waals surface area contributed by atoms with E-state index in [0.717, 1.165) is 29.5 Å². The number of fused-ring (bicyclic) bond motifs is 3. The first-order chi connectivity index (χ1) is 12.2. The van der Waals surface area contributed by atoms with Crippen molar-refractivity contribution in [3.63, 3.8) is 0 Å². The topological polar surface area (TPSA) is 71.8 Å². The number of aryl methyl sites for hydroxylation is 2. The maximum absolute atomic E-state index is 13.3. The summed E-state index contributed by atoms with van der Waals surface area (Å²) in [5.41, 5.74) is 1.16. The molecule has 0 spiro atoms. The van der Waals surface area contributed by atoms with Crippen LogP contribution in [0.5, 0.6) is 0 Å². The summed E-state index contributed by atoms with van der Waals surface area (Å²) in [7, 11) is 0. The Balaban J connectivity index is 1.91. The molecule has 0 saturated heterocycles. The molecule has 3 heterocycles. The fourth-order valence-corrected chi connectivity index (χ4v) is 5.29. The van der Waals surface area contributed by atoms with Crippen LogP contribution in [-0.4, -0.2) is 14.8 Å². The summed E-state index contributed by atoms with van der Waals surface area (Å²) in [4.78, 5) is 20.1. The predicted octanol–water partition coefficient (Wildman–Crippen LogP) is 3.98. The van der Waals surface area contributed by atoms with E-state index in [0.29, 0.717) is 17.5 Å². The fraction of sp³-hybridized carbons (Fsp3) is 0.389. The third kappa shape index (κ3) is 3.00. The summed E-state index contributed by atoms with van der Waals surface area (Å²) in [6, 6.07) is 5.86. The minimum absolute atomic E-state index is 0.0200. The lowest BCUT2D eigenvalue weighted by molar-refractivity contribution is 0.476. The van der Waals surface area contributed by atoms with Crippen LogP contribution in [0.2, 0.25) is 0 Å². The molecular formula is C18H17N3O2S2. The quantitative estimate of drug-likeness (QED) is 0.512. The van der Waals surface area contributed by atoms with Gasteiger partial charge in [-0.3, -0.25) is 9.36 Å². The SMILES string of the molecule is C[C@@H](C#N)Sc1nc2sc3c(c2c(=O)n1Cc1ccco1)CCCC3. The second-order valence-corrected chi connectivity index (χ2v) is 8.54.